The zero-order chi connectivity index (χ0) is 17.7. The molecule has 0 spiro atoms. The third-order valence-corrected chi connectivity index (χ3v) is 3.50. The monoisotopic (exact) mass is 368 g/mol. The normalized spacial score (nSPS) is 10.2. The first-order chi connectivity index (χ1) is 11.5. The molecule has 0 aliphatic heterocycles. The van der Waals surface area contributed by atoms with E-state index in [2.05, 4.69) is 4.74 Å². The van der Waals surface area contributed by atoms with Gasteiger partial charge in [-0.25, -0.2) is 9.59 Å². The Bertz CT molecular complexity index is 774. The van der Waals surface area contributed by atoms with Crippen molar-refractivity contribution >= 4 is 35.1 Å². The maximum atomic E-state index is 12.3. The standard InChI is InChI=1S/C17H14Cl2O5/c1-3-23-14-9-11(16(20)22-2)8-13(19)15(14)24-17(21)10-5-4-6-12(18)7-10/h4-9H,3H2,1-2H3. The lowest BCUT2D eigenvalue weighted by molar-refractivity contribution is 0.0600. The lowest BCUT2D eigenvalue weighted by Gasteiger charge is -2.13. The van der Waals surface area contributed by atoms with Gasteiger partial charge in [-0.05, 0) is 37.3 Å². The average molecular weight is 369 g/mol. The molecule has 0 bridgehead atoms. The summed E-state index contributed by atoms with van der Waals surface area (Å²) in [4.78, 5) is 23.9. The van der Waals surface area contributed by atoms with E-state index in [4.69, 9.17) is 32.7 Å². The van der Waals surface area contributed by atoms with E-state index < -0.39 is 11.9 Å². The van der Waals surface area contributed by atoms with Crippen LogP contribution in [0.2, 0.25) is 10.0 Å². The topological polar surface area (TPSA) is 61.8 Å². The molecule has 0 heterocycles. The molecule has 0 saturated heterocycles. The summed E-state index contributed by atoms with van der Waals surface area (Å²) in [5.74, 6) is -1.03. The maximum Gasteiger partial charge on any atom is 0.343 e. The third-order valence-electron chi connectivity index (χ3n) is 2.99. The van der Waals surface area contributed by atoms with Crippen LogP contribution in [0.3, 0.4) is 0 Å². The largest absolute Gasteiger partial charge is 0.490 e. The van der Waals surface area contributed by atoms with Gasteiger partial charge in [0.1, 0.15) is 0 Å². The van der Waals surface area contributed by atoms with Crippen molar-refractivity contribution in [2.45, 2.75) is 6.92 Å². The highest BCUT2D eigenvalue weighted by atomic mass is 35.5. The van der Waals surface area contributed by atoms with Gasteiger partial charge in [0.15, 0.2) is 11.5 Å². The molecule has 0 aliphatic rings. The summed E-state index contributed by atoms with van der Waals surface area (Å²) >= 11 is 12.0. The molecule has 126 valence electrons. The first-order valence-corrected chi connectivity index (χ1v) is 7.74. The molecule has 2 aromatic carbocycles. The molecule has 0 aromatic heterocycles. The molecule has 0 radical (unpaired) electrons. The van der Waals surface area contributed by atoms with Gasteiger partial charge in [0.25, 0.3) is 0 Å². The van der Waals surface area contributed by atoms with Crippen LogP contribution in [-0.4, -0.2) is 25.7 Å². The van der Waals surface area contributed by atoms with E-state index in [9.17, 15) is 9.59 Å². The Morgan fingerprint density at radius 1 is 1.04 bits per heavy atom. The molecule has 0 aliphatic carbocycles. The van der Waals surface area contributed by atoms with Crippen LogP contribution in [0, 0.1) is 0 Å². The fraction of sp³-hybridized carbons (Fsp3) is 0.176. The number of halogens is 2. The van der Waals surface area contributed by atoms with Crippen molar-refractivity contribution < 1.29 is 23.8 Å². The minimum Gasteiger partial charge on any atom is -0.490 e. The van der Waals surface area contributed by atoms with Crippen molar-refractivity contribution in [1.29, 1.82) is 0 Å². The predicted molar refractivity (Wildman–Crippen MR) is 90.4 cm³/mol. The summed E-state index contributed by atoms with van der Waals surface area (Å²) in [7, 11) is 1.25. The van der Waals surface area contributed by atoms with Crippen molar-refractivity contribution in [3.63, 3.8) is 0 Å². The van der Waals surface area contributed by atoms with Crippen LogP contribution in [0.1, 0.15) is 27.6 Å². The van der Waals surface area contributed by atoms with Crippen molar-refractivity contribution in [3.8, 4) is 11.5 Å². The van der Waals surface area contributed by atoms with Crippen molar-refractivity contribution in [1.82, 2.24) is 0 Å². The molecular weight excluding hydrogens is 355 g/mol. The molecule has 2 aromatic rings. The zero-order valence-corrected chi connectivity index (χ0v) is 14.5. The van der Waals surface area contributed by atoms with Gasteiger partial charge in [0.05, 0.1) is 29.9 Å². The van der Waals surface area contributed by atoms with Crippen LogP contribution in [0.25, 0.3) is 0 Å². The minimum absolute atomic E-state index is 0.0242. The van der Waals surface area contributed by atoms with E-state index in [1.807, 2.05) is 0 Å². The van der Waals surface area contributed by atoms with Gasteiger partial charge in [0.2, 0.25) is 0 Å². The number of hydrogen-bond donors (Lipinski definition) is 0. The summed E-state index contributed by atoms with van der Waals surface area (Å²) in [5, 5.41) is 0.457. The summed E-state index contributed by atoms with van der Waals surface area (Å²) in [5.41, 5.74) is 0.451. The van der Waals surface area contributed by atoms with Crippen LogP contribution in [-0.2, 0) is 4.74 Å². The Balaban J connectivity index is 2.38. The minimum atomic E-state index is -0.647. The highest BCUT2D eigenvalue weighted by Crippen LogP contribution is 2.37. The number of ether oxygens (including phenoxy) is 3. The first kappa shape index (κ1) is 18.1. The third kappa shape index (κ3) is 4.19. The Kier molecular flexibility index (Phi) is 6.06. The number of methoxy groups -OCH3 is 1. The Morgan fingerprint density at radius 3 is 2.42 bits per heavy atom. The lowest BCUT2D eigenvalue weighted by atomic mass is 10.2. The molecule has 0 unspecified atom stereocenters. The van der Waals surface area contributed by atoms with Crippen molar-refractivity contribution in [2.24, 2.45) is 0 Å². The first-order valence-electron chi connectivity index (χ1n) is 6.98. The molecule has 0 atom stereocenters. The predicted octanol–water partition coefficient (Wildman–Crippen LogP) is 4.40. The number of carbonyl (C=O) groups is 2. The molecule has 24 heavy (non-hydrogen) atoms. The van der Waals surface area contributed by atoms with Crippen LogP contribution in [0.15, 0.2) is 36.4 Å². The number of rotatable bonds is 5. The van der Waals surface area contributed by atoms with Crippen LogP contribution in [0.5, 0.6) is 11.5 Å². The van der Waals surface area contributed by atoms with Crippen LogP contribution >= 0.6 is 23.2 Å². The van der Waals surface area contributed by atoms with Crippen LogP contribution < -0.4 is 9.47 Å². The number of hydrogen-bond acceptors (Lipinski definition) is 5. The molecule has 0 N–H and O–H groups in total. The maximum absolute atomic E-state index is 12.3. The second kappa shape index (κ2) is 8.04. The molecule has 5 nitrogen and oxygen atoms in total. The molecule has 2 rings (SSSR count). The fourth-order valence-corrected chi connectivity index (χ4v) is 2.37. The fourth-order valence-electron chi connectivity index (χ4n) is 1.93. The smallest absolute Gasteiger partial charge is 0.343 e. The SMILES string of the molecule is CCOc1cc(C(=O)OC)cc(Cl)c1OC(=O)c1cccc(Cl)c1. The number of benzene rings is 2. The highest BCUT2D eigenvalue weighted by molar-refractivity contribution is 6.33. The Labute approximate surface area is 149 Å². The van der Waals surface area contributed by atoms with Gasteiger partial charge in [-0.3, -0.25) is 0 Å². The van der Waals surface area contributed by atoms with E-state index in [-0.39, 0.29) is 27.6 Å². The highest BCUT2D eigenvalue weighted by Gasteiger charge is 2.20. The van der Waals surface area contributed by atoms with E-state index in [0.29, 0.717) is 11.6 Å². The molecule has 0 fully saturated rings. The van der Waals surface area contributed by atoms with E-state index in [1.165, 1.54) is 25.3 Å². The van der Waals surface area contributed by atoms with E-state index in [0.717, 1.165) is 0 Å². The van der Waals surface area contributed by atoms with Gasteiger partial charge in [-0.2, -0.15) is 0 Å². The average Bonchev–Trinajstić information content (AvgIpc) is 2.56. The van der Waals surface area contributed by atoms with Gasteiger partial charge < -0.3 is 14.2 Å². The Hall–Kier alpha value is -2.24. The molecule has 0 amide bonds. The van der Waals surface area contributed by atoms with Crippen molar-refractivity contribution in [2.75, 3.05) is 13.7 Å². The lowest BCUT2D eigenvalue weighted by Crippen LogP contribution is -2.11. The quantitative estimate of drug-likeness (QED) is 0.578. The van der Waals surface area contributed by atoms with Crippen LogP contribution in [0.4, 0.5) is 0 Å². The van der Waals surface area contributed by atoms with E-state index in [1.54, 1.807) is 25.1 Å². The Morgan fingerprint density at radius 2 is 1.79 bits per heavy atom. The van der Waals surface area contributed by atoms with Gasteiger partial charge in [-0.1, -0.05) is 29.3 Å². The molecule has 7 heteroatoms. The molecule has 0 saturated carbocycles. The summed E-state index contributed by atoms with van der Waals surface area (Å²) in [6.45, 7) is 2.05. The summed E-state index contributed by atoms with van der Waals surface area (Å²) < 4.78 is 15.4. The van der Waals surface area contributed by atoms with Gasteiger partial charge in [-0.15, -0.1) is 0 Å². The second-order valence-corrected chi connectivity index (χ2v) is 5.45. The summed E-state index contributed by atoms with van der Waals surface area (Å²) in [6.07, 6.45) is 0. The second-order valence-electron chi connectivity index (χ2n) is 4.61. The van der Waals surface area contributed by atoms with Gasteiger partial charge >= 0.3 is 11.9 Å². The van der Waals surface area contributed by atoms with Crippen molar-refractivity contribution in [3.05, 3.63) is 57.6 Å². The number of esters is 2. The zero-order valence-electron chi connectivity index (χ0n) is 13.0. The molecular formula is C17H14Cl2O5. The summed E-state index contributed by atoms with van der Waals surface area (Å²) in [6, 6.07) is 9.05. The van der Waals surface area contributed by atoms with E-state index >= 15 is 0 Å². The number of carbonyl (C=O) groups excluding carboxylic acids is 2. The van der Waals surface area contributed by atoms with Gasteiger partial charge in [0, 0.05) is 5.02 Å².